The lowest BCUT2D eigenvalue weighted by molar-refractivity contribution is 0.101. The fraction of sp³-hybridized carbons (Fsp3) is 0.143. The number of aromatic amines is 1. The van der Waals surface area contributed by atoms with E-state index in [1.54, 1.807) is 24.5 Å². The third-order valence-electron chi connectivity index (χ3n) is 4.75. The molecule has 1 aliphatic rings. The van der Waals surface area contributed by atoms with E-state index in [1.807, 2.05) is 30.3 Å². The molecule has 0 aliphatic heterocycles. The molecule has 2 N–H and O–H groups in total. The van der Waals surface area contributed by atoms with Crippen molar-refractivity contribution in [3.63, 3.8) is 0 Å². The summed E-state index contributed by atoms with van der Waals surface area (Å²) >= 11 is 0. The van der Waals surface area contributed by atoms with E-state index in [0.717, 1.165) is 16.8 Å². The van der Waals surface area contributed by atoms with E-state index in [1.165, 1.54) is 19.2 Å². The highest BCUT2D eigenvalue weighted by Gasteiger charge is 2.24. The molecule has 5 rings (SSSR count). The number of carbonyl (C=O) groups is 1. The van der Waals surface area contributed by atoms with Crippen molar-refractivity contribution in [1.82, 2.24) is 30.1 Å². The minimum atomic E-state index is -0.385. The molecule has 1 fully saturated rings. The number of H-pyrrole nitrogens is 1. The number of aromatic nitrogens is 6. The molecule has 0 radical (unpaired) electrons. The van der Waals surface area contributed by atoms with Gasteiger partial charge < -0.3 is 5.32 Å². The molecule has 8 heteroatoms. The topological polar surface area (TPSA) is 109 Å². The summed E-state index contributed by atoms with van der Waals surface area (Å²) in [6, 6.07) is 13.1. The number of rotatable bonds is 5. The molecular formula is C21H17N7O. The van der Waals surface area contributed by atoms with Gasteiger partial charge in [0, 0.05) is 40.8 Å². The van der Waals surface area contributed by atoms with E-state index in [4.69, 9.17) is 0 Å². The van der Waals surface area contributed by atoms with E-state index in [0.29, 0.717) is 23.1 Å². The Morgan fingerprint density at radius 3 is 2.72 bits per heavy atom. The summed E-state index contributed by atoms with van der Waals surface area (Å²) in [5.41, 5.74) is 4.08. The molecule has 0 saturated heterocycles. The van der Waals surface area contributed by atoms with Gasteiger partial charge in [0.25, 0.3) is 5.91 Å². The highest BCUT2D eigenvalue weighted by Crippen LogP contribution is 2.39. The van der Waals surface area contributed by atoms with Gasteiger partial charge in [-0.15, -0.1) is 0 Å². The second kappa shape index (κ2) is 7.23. The maximum atomic E-state index is 12.7. The second-order valence-electron chi connectivity index (χ2n) is 6.88. The number of benzene rings is 1. The van der Waals surface area contributed by atoms with Crippen molar-refractivity contribution in [2.24, 2.45) is 0 Å². The summed E-state index contributed by atoms with van der Waals surface area (Å²) in [5.74, 6) is 0.938. The molecule has 0 unspecified atom stereocenters. The van der Waals surface area contributed by atoms with Crippen LogP contribution < -0.4 is 5.32 Å². The summed E-state index contributed by atoms with van der Waals surface area (Å²) in [6.45, 7) is 0. The van der Waals surface area contributed by atoms with Crippen molar-refractivity contribution >= 4 is 11.6 Å². The van der Waals surface area contributed by atoms with Crippen LogP contribution >= 0.6 is 0 Å². The molecule has 29 heavy (non-hydrogen) atoms. The standard InChI is InChI=1S/C21H17N7O/c29-21(26-16-3-1-2-14(10-16)19-24-12-25-28-19)20-22-9-8-18(27-20)15-6-7-17(23-11-15)13-4-5-13/h1-3,6-13H,4-5H2,(H,26,29)(H,24,25,28). The van der Waals surface area contributed by atoms with E-state index >= 15 is 0 Å². The molecule has 3 aromatic heterocycles. The highest BCUT2D eigenvalue weighted by molar-refractivity contribution is 6.02. The Morgan fingerprint density at radius 1 is 1.03 bits per heavy atom. The smallest absolute Gasteiger partial charge is 0.293 e. The summed E-state index contributed by atoms with van der Waals surface area (Å²) in [6.07, 6.45) is 7.24. The van der Waals surface area contributed by atoms with Gasteiger partial charge in [0.2, 0.25) is 5.82 Å². The molecule has 1 saturated carbocycles. The van der Waals surface area contributed by atoms with Crippen LogP contribution in [-0.2, 0) is 0 Å². The maximum absolute atomic E-state index is 12.7. The minimum Gasteiger partial charge on any atom is -0.319 e. The van der Waals surface area contributed by atoms with Crippen molar-refractivity contribution in [3.8, 4) is 22.6 Å². The lowest BCUT2D eigenvalue weighted by atomic mass is 10.1. The van der Waals surface area contributed by atoms with Crippen LogP contribution in [0.3, 0.4) is 0 Å². The van der Waals surface area contributed by atoms with Gasteiger partial charge in [-0.2, -0.15) is 5.10 Å². The van der Waals surface area contributed by atoms with Gasteiger partial charge in [-0.3, -0.25) is 14.9 Å². The Labute approximate surface area is 166 Å². The molecule has 8 nitrogen and oxygen atoms in total. The predicted molar refractivity (Wildman–Crippen MR) is 107 cm³/mol. The third kappa shape index (κ3) is 3.73. The number of carbonyl (C=O) groups excluding carboxylic acids is 1. The van der Waals surface area contributed by atoms with Crippen LogP contribution in [0.5, 0.6) is 0 Å². The quantitative estimate of drug-likeness (QED) is 0.546. The molecule has 0 spiro atoms. The molecule has 4 aromatic rings. The van der Waals surface area contributed by atoms with Crippen molar-refractivity contribution in [2.45, 2.75) is 18.8 Å². The summed E-state index contributed by atoms with van der Waals surface area (Å²) in [4.78, 5) is 29.8. The maximum Gasteiger partial charge on any atom is 0.293 e. The van der Waals surface area contributed by atoms with Gasteiger partial charge in [0.1, 0.15) is 6.33 Å². The van der Waals surface area contributed by atoms with Crippen LogP contribution in [0.25, 0.3) is 22.6 Å². The minimum absolute atomic E-state index is 0.0961. The first-order valence-electron chi connectivity index (χ1n) is 9.33. The monoisotopic (exact) mass is 383 g/mol. The highest BCUT2D eigenvalue weighted by atomic mass is 16.2. The number of hydrogen-bond acceptors (Lipinski definition) is 6. The van der Waals surface area contributed by atoms with Gasteiger partial charge in [-0.05, 0) is 43.2 Å². The zero-order chi connectivity index (χ0) is 19.6. The molecule has 1 amide bonds. The number of hydrogen-bond donors (Lipinski definition) is 2. The summed E-state index contributed by atoms with van der Waals surface area (Å²) in [5, 5.41) is 9.48. The van der Waals surface area contributed by atoms with Crippen molar-refractivity contribution in [2.75, 3.05) is 5.32 Å². The lowest BCUT2D eigenvalue weighted by Crippen LogP contribution is -2.15. The van der Waals surface area contributed by atoms with Gasteiger partial charge in [0.15, 0.2) is 5.82 Å². The van der Waals surface area contributed by atoms with Gasteiger partial charge >= 0.3 is 0 Å². The van der Waals surface area contributed by atoms with Crippen LogP contribution in [0.15, 0.2) is 61.2 Å². The summed E-state index contributed by atoms with van der Waals surface area (Å²) in [7, 11) is 0. The fourth-order valence-electron chi connectivity index (χ4n) is 3.08. The van der Waals surface area contributed by atoms with Crippen molar-refractivity contribution in [3.05, 3.63) is 72.7 Å². The summed E-state index contributed by atoms with van der Waals surface area (Å²) < 4.78 is 0. The molecule has 1 aliphatic carbocycles. The van der Waals surface area contributed by atoms with E-state index in [2.05, 4.69) is 35.5 Å². The number of nitrogens with one attached hydrogen (secondary N) is 2. The number of amides is 1. The van der Waals surface area contributed by atoms with Crippen molar-refractivity contribution < 1.29 is 4.79 Å². The fourth-order valence-corrected chi connectivity index (χ4v) is 3.08. The Kier molecular flexibility index (Phi) is 4.28. The van der Waals surface area contributed by atoms with E-state index in [9.17, 15) is 4.79 Å². The molecule has 0 atom stereocenters. The largest absolute Gasteiger partial charge is 0.319 e. The third-order valence-corrected chi connectivity index (χ3v) is 4.75. The van der Waals surface area contributed by atoms with Gasteiger partial charge in [-0.1, -0.05) is 12.1 Å². The zero-order valence-electron chi connectivity index (χ0n) is 15.4. The molecule has 0 bridgehead atoms. The SMILES string of the molecule is O=C(Nc1cccc(-c2ncn[nH]2)c1)c1nccc(-c2ccc(C3CC3)nc2)n1. The first-order valence-corrected chi connectivity index (χ1v) is 9.33. The second-order valence-corrected chi connectivity index (χ2v) is 6.88. The Hall–Kier alpha value is -3.94. The molecule has 142 valence electrons. The molecule has 1 aromatic carbocycles. The lowest BCUT2D eigenvalue weighted by Gasteiger charge is -2.07. The molecular weight excluding hydrogens is 366 g/mol. The van der Waals surface area contributed by atoms with E-state index in [-0.39, 0.29) is 11.7 Å². The number of nitrogens with zero attached hydrogens (tertiary/aromatic N) is 5. The van der Waals surface area contributed by atoms with Crippen LogP contribution in [0.4, 0.5) is 5.69 Å². The number of anilines is 1. The predicted octanol–water partition coefficient (Wildman–Crippen LogP) is 3.45. The average molecular weight is 383 g/mol. The van der Waals surface area contributed by atoms with E-state index < -0.39 is 0 Å². The van der Waals surface area contributed by atoms with Crippen LogP contribution in [0.1, 0.15) is 35.1 Å². The Balaban J connectivity index is 1.35. The van der Waals surface area contributed by atoms with Crippen molar-refractivity contribution in [1.29, 1.82) is 0 Å². The Bertz CT molecular complexity index is 1150. The zero-order valence-corrected chi connectivity index (χ0v) is 15.4. The first-order chi connectivity index (χ1) is 14.3. The number of pyridine rings is 1. The van der Waals surface area contributed by atoms with Gasteiger partial charge in [0.05, 0.1) is 5.69 Å². The first kappa shape index (κ1) is 17.2. The van der Waals surface area contributed by atoms with Crippen LogP contribution in [-0.4, -0.2) is 36.0 Å². The average Bonchev–Trinajstić information content (AvgIpc) is 3.48. The van der Waals surface area contributed by atoms with Crippen LogP contribution in [0, 0.1) is 0 Å². The molecule has 3 heterocycles. The Morgan fingerprint density at radius 2 is 1.97 bits per heavy atom. The van der Waals surface area contributed by atoms with Gasteiger partial charge in [-0.25, -0.2) is 15.0 Å². The normalized spacial score (nSPS) is 13.2. The van der Waals surface area contributed by atoms with Crippen LogP contribution in [0.2, 0.25) is 0 Å².